The number of benzene rings is 1. The summed E-state index contributed by atoms with van der Waals surface area (Å²) in [6.45, 7) is 8.78. The zero-order valence-electron chi connectivity index (χ0n) is 12.5. The number of carbonyl (C=O) groups is 1. The summed E-state index contributed by atoms with van der Waals surface area (Å²) in [6, 6.07) is 8.05. The van der Waals surface area contributed by atoms with E-state index in [1.54, 1.807) is 0 Å². The van der Waals surface area contributed by atoms with E-state index >= 15 is 0 Å². The summed E-state index contributed by atoms with van der Waals surface area (Å²) in [7, 11) is 0. The van der Waals surface area contributed by atoms with Gasteiger partial charge in [-0.1, -0.05) is 19.1 Å². The largest absolute Gasteiger partial charge is 0.488 e. The van der Waals surface area contributed by atoms with E-state index in [2.05, 4.69) is 11.4 Å². The molecule has 1 amide bonds. The third-order valence-corrected chi connectivity index (χ3v) is 2.54. The van der Waals surface area contributed by atoms with Crippen LogP contribution in [0.2, 0.25) is 0 Å². The van der Waals surface area contributed by atoms with Crippen LogP contribution < -0.4 is 10.1 Å². The van der Waals surface area contributed by atoms with Crippen molar-refractivity contribution in [3.05, 3.63) is 29.8 Å². The first kappa shape index (κ1) is 15.5. The van der Waals surface area contributed by atoms with Gasteiger partial charge in [-0.15, -0.1) is 0 Å². The molecule has 0 unspecified atom stereocenters. The maximum absolute atomic E-state index is 11.4. The highest BCUT2D eigenvalue weighted by Gasteiger charge is 2.11. The minimum atomic E-state index is -0.187. The van der Waals surface area contributed by atoms with Crippen LogP contribution in [-0.4, -0.2) is 18.1 Å². The Morgan fingerprint density at radius 2 is 2.05 bits per heavy atom. The first-order chi connectivity index (χ1) is 8.90. The van der Waals surface area contributed by atoms with Crippen molar-refractivity contribution in [3.8, 4) is 5.75 Å². The van der Waals surface area contributed by atoms with Crippen LogP contribution in [0.1, 0.15) is 46.1 Å². The van der Waals surface area contributed by atoms with Gasteiger partial charge in [0, 0.05) is 13.0 Å². The molecule has 0 heterocycles. The number of ether oxygens (including phenoxy) is 1. The van der Waals surface area contributed by atoms with Gasteiger partial charge < -0.3 is 10.1 Å². The standard InChI is InChI=1S/C16H25NO2/c1-5-7-15(18)17-11-10-13-8-6-9-14(12-13)19-16(2,3)4/h6,8-9,12H,5,7,10-11H2,1-4H3,(H,17,18). The van der Waals surface area contributed by atoms with E-state index in [1.807, 2.05) is 45.9 Å². The van der Waals surface area contributed by atoms with E-state index < -0.39 is 0 Å². The number of nitrogens with one attached hydrogen (secondary N) is 1. The van der Waals surface area contributed by atoms with Crippen molar-refractivity contribution in [2.75, 3.05) is 6.54 Å². The smallest absolute Gasteiger partial charge is 0.219 e. The minimum absolute atomic E-state index is 0.129. The molecule has 1 aromatic rings. The molecule has 106 valence electrons. The number of carbonyl (C=O) groups excluding carboxylic acids is 1. The fourth-order valence-electron chi connectivity index (χ4n) is 1.78. The van der Waals surface area contributed by atoms with Crippen molar-refractivity contribution in [2.24, 2.45) is 0 Å². The molecular formula is C16H25NO2. The van der Waals surface area contributed by atoms with Crippen molar-refractivity contribution in [3.63, 3.8) is 0 Å². The Morgan fingerprint density at radius 1 is 1.32 bits per heavy atom. The maximum Gasteiger partial charge on any atom is 0.219 e. The predicted octanol–water partition coefficient (Wildman–Crippen LogP) is 3.32. The molecule has 1 rings (SSSR count). The molecule has 0 fully saturated rings. The SMILES string of the molecule is CCCC(=O)NCCc1cccc(OC(C)(C)C)c1. The Morgan fingerprint density at radius 3 is 2.68 bits per heavy atom. The maximum atomic E-state index is 11.4. The molecule has 0 aromatic heterocycles. The molecule has 0 aliphatic heterocycles. The van der Waals surface area contributed by atoms with E-state index in [0.29, 0.717) is 13.0 Å². The normalized spacial score (nSPS) is 11.2. The van der Waals surface area contributed by atoms with Crippen LogP contribution >= 0.6 is 0 Å². The number of amides is 1. The molecule has 1 N–H and O–H groups in total. The molecule has 19 heavy (non-hydrogen) atoms. The minimum Gasteiger partial charge on any atom is -0.488 e. The van der Waals surface area contributed by atoms with E-state index in [-0.39, 0.29) is 11.5 Å². The molecule has 0 aliphatic carbocycles. The quantitative estimate of drug-likeness (QED) is 0.855. The Bertz CT molecular complexity index is 407. The lowest BCUT2D eigenvalue weighted by Gasteiger charge is -2.21. The van der Waals surface area contributed by atoms with E-state index in [4.69, 9.17) is 4.74 Å². The molecule has 0 atom stereocenters. The molecule has 0 radical (unpaired) electrons. The second-order valence-corrected chi connectivity index (χ2v) is 5.71. The summed E-state index contributed by atoms with van der Waals surface area (Å²) in [5.41, 5.74) is 0.993. The fourth-order valence-corrected chi connectivity index (χ4v) is 1.78. The lowest BCUT2D eigenvalue weighted by atomic mass is 10.1. The molecule has 0 saturated carbocycles. The molecule has 0 bridgehead atoms. The van der Waals surface area contributed by atoms with Crippen LogP contribution in [0, 0.1) is 0 Å². The highest BCUT2D eigenvalue weighted by Crippen LogP contribution is 2.19. The zero-order valence-corrected chi connectivity index (χ0v) is 12.5. The van der Waals surface area contributed by atoms with Crippen LogP contribution in [0.4, 0.5) is 0 Å². The van der Waals surface area contributed by atoms with Gasteiger partial charge in [-0.2, -0.15) is 0 Å². The predicted molar refractivity (Wildman–Crippen MR) is 78.4 cm³/mol. The van der Waals surface area contributed by atoms with Crippen LogP contribution in [0.25, 0.3) is 0 Å². The van der Waals surface area contributed by atoms with E-state index in [0.717, 1.165) is 18.6 Å². The second kappa shape index (κ2) is 7.17. The highest BCUT2D eigenvalue weighted by molar-refractivity contribution is 5.75. The van der Waals surface area contributed by atoms with Crippen LogP contribution in [0.3, 0.4) is 0 Å². The first-order valence-corrected chi connectivity index (χ1v) is 6.95. The third-order valence-electron chi connectivity index (χ3n) is 2.54. The zero-order chi connectivity index (χ0) is 14.3. The number of rotatable bonds is 6. The Kier molecular flexibility index (Phi) is 5.87. The summed E-state index contributed by atoms with van der Waals surface area (Å²) in [6.07, 6.45) is 2.32. The Labute approximate surface area is 116 Å². The van der Waals surface area contributed by atoms with Crippen molar-refractivity contribution >= 4 is 5.91 Å². The fraction of sp³-hybridized carbons (Fsp3) is 0.562. The van der Waals surface area contributed by atoms with Crippen molar-refractivity contribution < 1.29 is 9.53 Å². The van der Waals surface area contributed by atoms with Gasteiger partial charge in [0.15, 0.2) is 0 Å². The average molecular weight is 263 g/mol. The summed E-state index contributed by atoms with van der Waals surface area (Å²) < 4.78 is 5.82. The molecule has 0 saturated heterocycles. The van der Waals surface area contributed by atoms with Crippen LogP contribution in [-0.2, 0) is 11.2 Å². The number of hydrogen-bond acceptors (Lipinski definition) is 2. The van der Waals surface area contributed by atoms with Gasteiger partial charge in [-0.25, -0.2) is 0 Å². The van der Waals surface area contributed by atoms with Gasteiger partial charge in [0.2, 0.25) is 5.91 Å². The van der Waals surface area contributed by atoms with Crippen LogP contribution in [0.15, 0.2) is 24.3 Å². The molecule has 3 nitrogen and oxygen atoms in total. The first-order valence-electron chi connectivity index (χ1n) is 6.95. The second-order valence-electron chi connectivity index (χ2n) is 5.71. The summed E-state index contributed by atoms with van der Waals surface area (Å²) in [5.74, 6) is 1.01. The van der Waals surface area contributed by atoms with Gasteiger partial charge >= 0.3 is 0 Å². The van der Waals surface area contributed by atoms with Gasteiger partial charge in [-0.3, -0.25) is 4.79 Å². The molecule has 0 aliphatic rings. The molecule has 1 aromatic carbocycles. The Hall–Kier alpha value is -1.51. The average Bonchev–Trinajstić information content (AvgIpc) is 2.27. The van der Waals surface area contributed by atoms with E-state index in [1.165, 1.54) is 5.56 Å². The van der Waals surface area contributed by atoms with Gasteiger partial charge in [0.25, 0.3) is 0 Å². The molecular weight excluding hydrogens is 238 g/mol. The Balaban J connectivity index is 2.46. The molecule has 3 heteroatoms. The highest BCUT2D eigenvalue weighted by atomic mass is 16.5. The number of hydrogen-bond donors (Lipinski definition) is 1. The van der Waals surface area contributed by atoms with E-state index in [9.17, 15) is 4.79 Å². The topological polar surface area (TPSA) is 38.3 Å². The van der Waals surface area contributed by atoms with Crippen molar-refractivity contribution in [1.29, 1.82) is 0 Å². The summed E-state index contributed by atoms with van der Waals surface area (Å²) in [5, 5.41) is 2.92. The van der Waals surface area contributed by atoms with Gasteiger partial charge in [0.05, 0.1) is 0 Å². The van der Waals surface area contributed by atoms with Crippen molar-refractivity contribution in [2.45, 2.75) is 52.6 Å². The molecule has 0 spiro atoms. The lowest BCUT2D eigenvalue weighted by molar-refractivity contribution is -0.121. The lowest BCUT2D eigenvalue weighted by Crippen LogP contribution is -2.25. The summed E-state index contributed by atoms with van der Waals surface area (Å²) in [4.78, 5) is 11.4. The third kappa shape index (κ3) is 6.85. The van der Waals surface area contributed by atoms with Gasteiger partial charge in [0.1, 0.15) is 11.4 Å². The summed E-state index contributed by atoms with van der Waals surface area (Å²) >= 11 is 0. The van der Waals surface area contributed by atoms with Crippen LogP contribution in [0.5, 0.6) is 5.75 Å². The van der Waals surface area contributed by atoms with Gasteiger partial charge in [-0.05, 0) is 51.3 Å². The monoisotopic (exact) mass is 263 g/mol. The van der Waals surface area contributed by atoms with Crippen molar-refractivity contribution in [1.82, 2.24) is 5.32 Å².